The Hall–Kier alpha value is -0.920. The van der Waals surface area contributed by atoms with Gasteiger partial charge in [0.15, 0.2) is 0 Å². The van der Waals surface area contributed by atoms with E-state index >= 15 is 0 Å². The van der Waals surface area contributed by atoms with E-state index in [4.69, 9.17) is 0 Å². The van der Waals surface area contributed by atoms with Crippen molar-refractivity contribution in [1.29, 1.82) is 0 Å². The SMILES string of the molecule is CN1CCC(=NNS(=O)(=O)c2ccc(Br)cc2)CC1. The van der Waals surface area contributed by atoms with E-state index in [1.165, 1.54) is 0 Å². The molecule has 0 radical (unpaired) electrons. The topological polar surface area (TPSA) is 61.8 Å². The molecule has 1 heterocycles. The summed E-state index contributed by atoms with van der Waals surface area (Å²) in [6.45, 7) is 1.83. The number of sulfonamides is 1. The monoisotopic (exact) mass is 345 g/mol. The van der Waals surface area contributed by atoms with Gasteiger partial charge in [-0.15, -0.1) is 0 Å². The average molecular weight is 346 g/mol. The van der Waals surface area contributed by atoms with Crippen LogP contribution in [0.15, 0.2) is 38.7 Å². The van der Waals surface area contributed by atoms with E-state index in [-0.39, 0.29) is 4.90 Å². The van der Waals surface area contributed by atoms with Gasteiger partial charge in [-0.2, -0.15) is 13.5 Å². The number of hydrogen-bond acceptors (Lipinski definition) is 4. The van der Waals surface area contributed by atoms with Gasteiger partial charge < -0.3 is 4.90 Å². The van der Waals surface area contributed by atoms with Gasteiger partial charge in [0.1, 0.15) is 0 Å². The van der Waals surface area contributed by atoms with Crippen molar-refractivity contribution in [2.24, 2.45) is 5.10 Å². The molecule has 0 unspecified atom stereocenters. The van der Waals surface area contributed by atoms with Crippen molar-refractivity contribution in [2.75, 3.05) is 20.1 Å². The quantitative estimate of drug-likeness (QED) is 0.849. The largest absolute Gasteiger partial charge is 0.306 e. The Morgan fingerprint density at radius 1 is 1.21 bits per heavy atom. The fourth-order valence-electron chi connectivity index (χ4n) is 1.78. The Bertz CT molecular complexity index is 559. The third kappa shape index (κ3) is 4.02. The molecule has 0 atom stereocenters. The Morgan fingerprint density at radius 3 is 2.37 bits per heavy atom. The minimum atomic E-state index is -3.56. The van der Waals surface area contributed by atoms with Crippen LogP contribution < -0.4 is 4.83 Å². The summed E-state index contributed by atoms with van der Waals surface area (Å²) >= 11 is 3.27. The third-order valence-corrected chi connectivity index (χ3v) is 4.77. The van der Waals surface area contributed by atoms with Gasteiger partial charge in [0, 0.05) is 36.1 Å². The highest BCUT2D eigenvalue weighted by Gasteiger charge is 2.15. The lowest BCUT2D eigenvalue weighted by atomic mass is 10.1. The maximum atomic E-state index is 12.0. The van der Waals surface area contributed by atoms with Gasteiger partial charge in [-0.1, -0.05) is 15.9 Å². The summed E-state index contributed by atoms with van der Waals surface area (Å²) in [4.78, 5) is 4.72. The van der Waals surface area contributed by atoms with E-state index in [1.807, 2.05) is 7.05 Å². The predicted molar refractivity (Wildman–Crippen MR) is 78.6 cm³/mol. The molecule has 0 bridgehead atoms. The van der Waals surface area contributed by atoms with Crippen molar-refractivity contribution in [1.82, 2.24) is 9.73 Å². The average Bonchev–Trinajstić information content (AvgIpc) is 2.39. The van der Waals surface area contributed by atoms with Crippen molar-refractivity contribution >= 4 is 31.7 Å². The second-order valence-electron chi connectivity index (χ2n) is 4.53. The number of benzene rings is 1. The maximum absolute atomic E-state index is 12.0. The summed E-state index contributed by atoms with van der Waals surface area (Å²) in [5.74, 6) is 0. The molecule has 2 rings (SSSR count). The fraction of sp³-hybridized carbons (Fsp3) is 0.417. The molecule has 1 aromatic carbocycles. The maximum Gasteiger partial charge on any atom is 0.276 e. The van der Waals surface area contributed by atoms with Crippen LogP contribution in [0.1, 0.15) is 12.8 Å². The lowest BCUT2D eigenvalue weighted by molar-refractivity contribution is 0.335. The first-order chi connectivity index (χ1) is 8.97. The molecule has 1 aliphatic heterocycles. The lowest BCUT2D eigenvalue weighted by Gasteiger charge is -2.22. The lowest BCUT2D eigenvalue weighted by Crippen LogP contribution is -2.32. The van der Waals surface area contributed by atoms with E-state index in [2.05, 4.69) is 30.8 Å². The highest BCUT2D eigenvalue weighted by molar-refractivity contribution is 9.10. The van der Waals surface area contributed by atoms with Gasteiger partial charge in [0.2, 0.25) is 0 Å². The molecule has 0 saturated carbocycles. The Labute approximate surface area is 121 Å². The molecule has 1 N–H and O–H groups in total. The van der Waals surface area contributed by atoms with Crippen LogP contribution in [-0.4, -0.2) is 39.2 Å². The van der Waals surface area contributed by atoms with E-state index in [1.54, 1.807) is 24.3 Å². The molecule has 0 amide bonds. The number of rotatable bonds is 3. The predicted octanol–water partition coefficient (Wildman–Crippen LogP) is 1.81. The highest BCUT2D eigenvalue weighted by atomic mass is 79.9. The standard InChI is InChI=1S/C12H16BrN3O2S/c1-16-8-6-11(7-9-16)14-15-19(17,18)12-4-2-10(13)3-5-12/h2-5,15H,6-9H2,1H3. The number of hydrazone groups is 1. The minimum Gasteiger partial charge on any atom is -0.306 e. The van der Waals surface area contributed by atoms with Crippen molar-refractivity contribution < 1.29 is 8.42 Å². The van der Waals surface area contributed by atoms with Gasteiger partial charge in [0.25, 0.3) is 10.0 Å². The van der Waals surface area contributed by atoms with Crippen molar-refractivity contribution in [3.05, 3.63) is 28.7 Å². The third-order valence-electron chi connectivity index (χ3n) is 3.01. The molecular weight excluding hydrogens is 330 g/mol. The van der Waals surface area contributed by atoms with Crippen LogP contribution in [-0.2, 0) is 10.0 Å². The van der Waals surface area contributed by atoms with Crippen LogP contribution in [0.2, 0.25) is 0 Å². The molecular formula is C12H16BrN3O2S. The van der Waals surface area contributed by atoms with E-state index in [9.17, 15) is 8.42 Å². The van der Waals surface area contributed by atoms with Gasteiger partial charge in [-0.25, -0.2) is 4.83 Å². The number of nitrogens with one attached hydrogen (secondary N) is 1. The molecule has 104 valence electrons. The molecule has 1 fully saturated rings. The molecule has 1 aliphatic rings. The first kappa shape index (κ1) is 14.5. The van der Waals surface area contributed by atoms with Crippen LogP contribution in [0.25, 0.3) is 0 Å². The van der Waals surface area contributed by atoms with Crippen LogP contribution in [0.3, 0.4) is 0 Å². The fourth-order valence-corrected chi connectivity index (χ4v) is 2.89. The second-order valence-corrected chi connectivity index (χ2v) is 7.11. The molecule has 1 saturated heterocycles. The molecule has 5 nitrogen and oxygen atoms in total. The Kier molecular flexibility index (Phi) is 4.59. The first-order valence-corrected chi connectivity index (χ1v) is 8.26. The summed E-state index contributed by atoms with van der Waals surface area (Å²) in [6.07, 6.45) is 1.61. The van der Waals surface area contributed by atoms with Crippen molar-refractivity contribution in [2.45, 2.75) is 17.7 Å². The van der Waals surface area contributed by atoms with E-state index in [0.717, 1.165) is 36.1 Å². The van der Waals surface area contributed by atoms with Gasteiger partial charge in [-0.3, -0.25) is 0 Å². The summed E-state index contributed by atoms with van der Waals surface area (Å²) in [6, 6.07) is 6.47. The molecule has 1 aromatic rings. The summed E-state index contributed by atoms with van der Waals surface area (Å²) in [5.41, 5.74) is 0.902. The van der Waals surface area contributed by atoms with Crippen LogP contribution in [0, 0.1) is 0 Å². The summed E-state index contributed by atoms with van der Waals surface area (Å²) < 4.78 is 24.9. The van der Waals surface area contributed by atoms with Gasteiger partial charge >= 0.3 is 0 Å². The normalized spacial score (nSPS) is 17.3. The molecule has 0 aliphatic carbocycles. The molecule has 0 aromatic heterocycles. The van der Waals surface area contributed by atoms with E-state index < -0.39 is 10.0 Å². The highest BCUT2D eigenvalue weighted by Crippen LogP contribution is 2.14. The zero-order valence-electron chi connectivity index (χ0n) is 10.6. The Balaban J connectivity index is 2.05. The zero-order chi connectivity index (χ0) is 13.9. The van der Waals surface area contributed by atoms with Gasteiger partial charge in [0.05, 0.1) is 4.90 Å². The van der Waals surface area contributed by atoms with Crippen LogP contribution >= 0.6 is 15.9 Å². The van der Waals surface area contributed by atoms with Crippen LogP contribution in [0.4, 0.5) is 0 Å². The number of likely N-dealkylation sites (tertiary alicyclic amines) is 1. The van der Waals surface area contributed by atoms with Crippen molar-refractivity contribution in [3.63, 3.8) is 0 Å². The number of piperidine rings is 1. The van der Waals surface area contributed by atoms with Gasteiger partial charge in [-0.05, 0) is 31.3 Å². The molecule has 19 heavy (non-hydrogen) atoms. The smallest absolute Gasteiger partial charge is 0.276 e. The van der Waals surface area contributed by atoms with Crippen molar-refractivity contribution in [3.8, 4) is 0 Å². The second kappa shape index (κ2) is 6.02. The summed E-state index contributed by atoms with van der Waals surface area (Å²) in [5, 5.41) is 4.03. The Morgan fingerprint density at radius 2 is 1.79 bits per heavy atom. The number of hydrogen-bond donors (Lipinski definition) is 1. The van der Waals surface area contributed by atoms with Crippen LogP contribution in [0.5, 0.6) is 0 Å². The number of halogens is 1. The molecule has 0 spiro atoms. The minimum absolute atomic E-state index is 0.216. The number of nitrogens with zero attached hydrogens (tertiary/aromatic N) is 2. The molecule has 7 heteroatoms. The van der Waals surface area contributed by atoms with E-state index in [0.29, 0.717) is 0 Å². The summed E-state index contributed by atoms with van der Waals surface area (Å²) in [7, 11) is -1.52. The zero-order valence-corrected chi connectivity index (χ0v) is 13.0. The first-order valence-electron chi connectivity index (χ1n) is 5.99.